The van der Waals surface area contributed by atoms with Gasteiger partial charge in [-0.05, 0) is 42.7 Å². The minimum Gasteiger partial charge on any atom is -0.384 e. The van der Waals surface area contributed by atoms with Crippen molar-refractivity contribution in [2.24, 2.45) is 0 Å². The number of halogens is 1. The molecule has 2 aromatic heterocycles. The first-order valence-electron chi connectivity index (χ1n) is 8.73. The highest BCUT2D eigenvalue weighted by molar-refractivity contribution is 5.59. The lowest BCUT2D eigenvalue weighted by Gasteiger charge is -2.38. The van der Waals surface area contributed by atoms with Crippen LogP contribution in [0.15, 0.2) is 55.0 Å². The molecule has 0 radical (unpaired) electrons. The average molecular weight is 352 g/mol. The molecule has 0 spiro atoms. The van der Waals surface area contributed by atoms with E-state index in [0.717, 1.165) is 29.8 Å². The van der Waals surface area contributed by atoms with Crippen molar-refractivity contribution in [2.45, 2.75) is 24.8 Å². The van der Waals surface area contributed by atoms with Crippen molar-refractivity contribution in [1.29, 1.82) is 0 Å². The largest absolute Gasteiger partial charge is 0.384 e. The van der Waals surface area contributed by atoms with Gasteiger partial charge in [0.2, 0.25) is 0 Å². The van der Waals surface area contributed by atoms with Gasteiger partial charge in [-0.15, -0.1) is 0 Å². The van der Waals surface area contributed by atoms with Crippen molar-refractivity contribution in [3.63, 3.8) is 0 Å². The van der Waals surface area contributed by atoms with Gasteiger partial charge in [0.15, 0.2) is 0 Å². The molecule has 3 heterocycles. The van der Waals surface area contributed by atoms with Crippen molar-refractivity contribution < 1.29 is 9.13 Å². The lowest BCUT2D eigenvalue weighted by molar-refractivity contribution is 0.0435. The Hall–Kier alpha value is -2.73. The molecule has 6 heteroatoms. The lowest BCUT2D eigenvalue weighted by Crippen LogP contribution is -2.38. The molecule has 1 saturated heterocycles. The molecule has 26 heavy (non-hydrogen) atoms. The number of ether oxygens (including phenoxy) is 1. The second kappa shape index (κ2) is 6.88. The van der Waals surface area contributed by atoms with Crippen molar-refractivity contribution in [3.05, 3.63) is 66.4 Å². The normalized spacial score (nSPS) is 16.5. The highest BCUT2D eigenvalue weighted by Gasteiger charge is 2.35. The Labute approximate surface area is 151 Å². The molecule has 0 aliphatic carbocycles. The number of anilines is 1. The zero-order chi connectivity index (χ0) is 18.0. The molecule has 1 fully saturated rings. The lowest BCUT2D eigenvalue weighted by atomic mass is 9.74. The molecule has 0 bridgehead atoms. The van der Waals surface area contributed by atoms with Crippen LogP contribution >= 0.6 is 0 Å². The molecule has 0 unspecified atom stereocenters. The van der Waals surface area contributed by atoms with Crippen LogP contribution in [0.5, 0.6) is 0 Å². The van der Waals surface area contributed by atoms with Crippen molar-refractivity contribution in [1.82, 2.24) is 14.5 Å². The molecular weight excluding hydrogens is 331 g/mol. The fourth-order valence-electron chi connectivity index (χ4n) is 3.73. The number of nitrogens with zero attached hydrogens (tertiary/aromatic N) is 3. The van der Waals surface area contributed by atoms with E-state index in [1.54, 1.807) is 24.5 Å². The van der Waals surface area contributed by atoms with Gasteiger partial charge < -0.3 is 15.0 Å². The molecule has 1 aliphatic heterocycles. The molecule has 0 saturated carbocycles. The molecule has 1 aromatic carbocycles. The van der Waals surface area contributed by atoms with Gasteiger partial charge in [-0.1, -0.05) is 12.1 Å². The minimum absolute atomic E-state index is 0.186. The predicted octanol–water partition coefficient (Wildman–Crippen LogP) is 3.41. The van der Waals surface area contributed by atoms with Crippen molar-refractivity contribution in [2.75, 3.05) is 18.9 Å². The third kappa shape index (κ3) is 3.20. The molecule has 0 amide bonds. The van der Waals surface area contributed by atoms with Crippen LogP contribution in [0.25, 0.3) is 11.4 Å². The first kappa shape index (κ1) is 16.7. The molecular formula is C20H21FN4O. The summed E-state index contributed by atoms with van der Waals surface area (Å²) in [4.78, 5) is 8.56. The Morgan fingerprint density at radius 3 is 2.73 bits per heavy atom. The zero-order valence-corrected chi connectivity index (χ0v) is 14.4. The SMILES string of the molecule is Nc1cc(-c2nccn2CC2(c3cccc(F)c3)CCOCC2)ccn1. The summed E-state index contributed by atoms with van der Waals surface area (Å²) in [6, 6.07) is 10.6. The smallest absolute Gasteiger partial charge is 0.140 e. The highest BCUT2D eigenvalue weighted by atomic mass is 19.1. The van der Waals surface area contributed by atoms with Gasteiger partial charge in [0.05, 0.1) is 0 Å². The maximum atomic E-state index is 13.9. The molecule has 3 aromatic rings. The summed E-state index contributed by atoms with van der Waals surface area (Å²) >= 11 is 0. The molecule has 1 aliphatic rings. The average Bonchev–Trinajstić information content (AvgIpc) is 3.10. The summed E-state index contributed by atoms with van der Waals surface area (Å²) in [6.07, 6.45) is 7.10. The van der Waals surface area contributed by atoms with E-state index in [-0.39, 0.29) is 11.2 Å². The Kier molecular flexibility index (Phi) is 4.42. The van der Waals surface area contributed by atoms with E-state index in [9.17, 15) is 4.39 Å². The van der Waals surface area contributed by atoms with Crippen LogP contribution < -0.4 is 5.73 Å². The Bertz CT molecular complexity index is 902. The number of nitrogens with two attached hydrogens (primary N) is 1. The molecule has 5 nitrogen and oxygen atoms in total. The number of rotatable bonds is 4. The fraction of sp³-hybridized carbons (Fsp3) is 0.300. The Morgan fingerprint density at radius 2 is 1.96 bits per heavy atom. The summed E-state index contributed by atoms with van der Waals surface area (Å²) in [5.41, 5.74) is 7.57. The molecule has 134 valence electrons. The molecule has 0 atom stereocenters. The van der Waals surface area contributed by atoms with Gasteiger partial charge in [-0.3, -0.25) is 0 Å². The maximum Gasteiger partial charge on any atom is 0.140 e. The quantitative estimate of drug-likeness (QED) is 0.781. The summed E-state index contributed by atoms with van der Waals surface area (Å²) in [5, 5.41) is 0. The van der Waals surface area contributed by atoms with Gasteiger partial charge in [0.25, 0.3) is 0 Å². The number of aromatic nitrogens is 3. The topological polar surface area (TPSA) is 66.0 Å². The third-order valence-electron chi connectivity index (χ3n) is 5.11. The first-order chi connectivity index (χ1) is 12.7. The van der Waals surface area contributed by atoms with Crippen molar-refractivity contribution in [3.8, 4) is 11.4 Å². The van der Waals surface area contributed by atoms with Crippen molar-refractivity contribution >= 4 is 5.82 Å². The number of hydrogen-bond acceptors (Lipinski definition) is 4. The van der Waals surface area contributed by atoms with Crippen LogP contribution in [-0.4, -0.2) is 27.7 Å². The zero-order valence-electron chi connectivity index (χ0n) is 14.4. The molecule has 4 rings (SSSR count). The predicted molar refractivity (Wildman–Crippen MR) is 98.0 cm³/mol. The van der Waals surface area contributed by atoms with Gasteiger partial charge in [-0.2, -0.15) is 0 Å². The monoisotopic (exact) mass is 352 g/mol. The highest BCUT2D eigenvalue weighted by Crippen LogP contribution is 2.38. The van der Waals surface area contributed by atoms with Crippen LogP contribution in [0.4, 0.5) is 10.2 Å². The first-order valence-corrected chi connectivity index (χ1v) is 8.73. The van der Waals surface area contributed by atoms with Crippen LogP contribution in [-0.2, 0) is 16.7 Å². The van der Waals surface area contributed by atoms with Gasteiger partial charge in [-0.25, -0.2) is 14.4 Å². The van der Waals surface area contributed by atoms with E-state index in [1.165, 1.54) is 6.07 Å². The molecule has 2 N–H and O–H groups in total. The van der Waals surface area contributed by atoms with E-state index in [2.05, 4.69) is 14.5 Å². The summed E-state index contributed by atoms with van der Waals surface area (Å²) in [6.45, 7) is 2.04. The summed E-state index contributed by atoms with van der Waals surface area (Å²) in [5.74, 6) is 1.09. The second-order valence-electron chi connectivity index (χ2n) is 6.75. The van der Waals surface area contributed by atoms with E-state index < -0.39 is 0 Å². The Balaban J connectivity index is 1.73. The standard InChI is InChI=1S/C20H21FN4O/c21-17-3-1-2-16(13-17)20(5-10-26-11-6-20)14-25-9-8-24-19(25)15-4-7-23-18(22)12-15/h1-4,7-9,12-13H,5-6,10-11,14H2,(H2,22,23). The van der Waals surface area contributed by atoms with Crippen LogP contribution in [0, 0.1) is 5.82 Å². The van der Waals surface area contributed by atoms with E-state index in [4.69, 9.17) is 10.5 Å². The maximum absolute atomic E-state index is 13.9. The Morgan fingerprint density at radius 1 is 1.12 bits per heavy atom. The fourth-order valence-corrected chi connectivity index (χ4v) is 3.73. The van der Waals surface area contributed by atoms with E-state index >= 15 is 0 Å². The summed E-state index contributed by atoms with van der Waals surface area (Å²) in [7, 11) is 0. The van der Waals surface area contributed by atoms with E-state index in [0.29, 0.717) is 25.6 Å². The third-order valence-corrected chi connectivity index (χ3v) is 5.11. The second-order valence-corrected chi connectivity index (χ2v) is 6.75. The van der Waals surface area contributed by atoms with Gasteiger partial charge in [0.1, 0.15) is 17.5 Å². The number of pyridine rings is 1. The van der Waals surface area contributed by atoms with Crippen LogP contribution in [0.3, 0.4) is 0 Å². The van der Waals surface area contributed by atoms with Gasteiger partial charge >= 0.3 is 0 Å². The van der Waals surface area contributed by atoms with Crippen LogP contribution in [0.2, 0.25) is 0 Å². The number of hydrogen-bond donors (Lipinski definition) is 1. The van der Waals surface area contributed by atoms with E-state index in [1.807, 2.05) is 24.4 Å². The van der Waals surface area contributed by atoms with Crippen LogP contribution in [0.1, 0.15) is 18.4 Å². The minimum atomic E-state index is -0.207. The number of nitrogen functional groups attached to an aromatic ring is 1. The summed E-state index contributed by atoms with van der Waals surface area (Å²) < 4.78 is 21.6. The van der Waals surface area contributed by atoms with Gasteiger partial charge in [0, 0.05) is 49.3 Å². The number of imidazole rings is 1. The number of benzene rings is 1.